The van der Waals surface area contributed by atoms with Gasteiger partial charge in [0.05, 0.1) is 12.7 Å². The Labute approximate surface area is 98.7 Å². The average Bonchev–Trinajstić information content (AvgIpc) is 2.24. The van der Waals surface area contributed by atoms with E-state index in [1.54, 1.807) is 7.05 Å². The van der Waals surface area contributed by atoms with Crippen LogP contribution in [0.5, 0.6) is 0 Å². The van der Waals surface area contributed by atoms with Crippen molar-refractivity contribution in [2.75, 3.05) is 20.3 Å². The van der Waals surface area contributed by atoms with Crippen LogP contribution >= 0.6 is 0 Å². The number of likely N-dealkylation sites (N-methyl/N-ethyl adjacent to an activating group) is 1. The number of esters is 1. The van der Waals surface area contributed by atoms with E-state index in [-0.39, 0.29) is 12.1 Å². The summed E-state index contributed by atoms with van der Waals surface area (Å²) in [6.45, 7) is 8.77. The van der Waals surface area contributed by atoms with Gasteiger partial charge in [-0.2, -0.15) is 0 Å². The van der Waals surface area contributed by atoms with Crippen molar-refractivity contribution >= 4 is 5.97 Å². The van der Waals surface area contributed by atoms with E-state index < -0.39 is 5.54 Å². The molecule has 0 radical (unpaired) electrons. The largest absolute Gasteiger partial charge is 0.465 e. The molecule has 1 atom stereocenters. The summed E-state index contributed by atoms with van der Waals surface area (Å²) in [5.41, 5.74) is -0.601. The van der Waals surface area contributed by atoms with E-state index in [0.717, 1.165) is 12.8 Å². The van der Waals surface area contributed by atoms with Gasteiger partial charge in [-0.15, -0.1) is 0 Å². The molecule has 0 aromatic rings. The van der Waals surface area contributed by atoms with E-state index >= 15 is 0 Å². The van der Waals surface area contributed by atoms with Crippen LogP contribution in [0.4, 0.5) is 0 Å². The molecular formula is C12H25NO3. The molecule has 4 nitrogen and oxygen atoms in total. The third kappa shape index (κ3) is 5.47. The minimum absolute atomic E-state index is 0.193. The van der Waals surface area contributed by atoms with Crippen LogP contribution in [-0.4, -0.2) is 37.9 Å². The van der Waals surface area contributed by atoms with Gasteiger partial charge in [-0.3, -0.25) is 4.79 Å². The van der Waals surface area contributed by atoms with Gasteiger partial charge in [-0.05, 0) is 47.6 Å². The van der Waals surface area contributed by atoms with E-state index in [1.807, 2.05) is 27.7 Å². The normalized spacial score (nSPS) is 14.9. The smallest absolute Gasteiger partial charge is 0.326 e. The predicted octanol–water partition coefficient (Wildman–Crippen LogP) is 1.73. The summed E-state index contributed by atoms with van der Waals surface area (Å²) in [5, 5.41) is 3.02. The quantitative estimate of drug-likeness (QED) is 0.510. The first kappa shape index (κ1) is 15.4. The fourth-order valence-electron chi connectivity index (χ4n) is 1.36. The van der Waals surface area contributed by atoms with E-state index in [1.165, 1.54) is 0 Å². The molecule has 0 aromatic carbocycles. The number of carbonyl (C=O) groups is 1. The minimum atomic E-state index is -0.601. The van der Waals surface area contributed by atoms with Crippen LogP contribution in [-0.2, 0) is 14.3 Å². The monoisotopic (exact) mass is 231 g/mol. The van der Waals surface area contributed by atoms with Gasteiger partial charge in [0.15, 0.2) is 0 Å². The van der Waals surface area contributed by atoms with E-state index in [2.05, 4.69) is 5.32 Å². The Hall–Kier alpha value is -0.610. The molecule has 0 spiro atoms. The summed E-state index contributed by atoms with van der Waals surface area (Å²) < 4.78 is 10.5. The Balaban J connectivity index is 4.01. The molecule has 0 bridgehead atoms. The first-order valence-electron chi connectivity index (χ1n) is 5.94. The Morgan fingerprint density at radius 1 is 1.44 bits per heavy atom. The number of hydrogen-bond donors (Lipinski definition) is 1. The van der Waals surface area contributed by atoms with Gasteiger partial charge < -0.3 is 14.8 Å². The maximum Gasteiger partial charge on any atom is 0.326 e. The molecule has 0 aliphatic rings. The van der Waals surface area contributed by atoms with Crippen molar-refractivity contribution in [3.8, 4) is 0 Å². The molecule has 96 valence electrons. The highest BCUT2D eigenvalue weighted by molar-refractivity contribution is 5.80. The van der Waals surface area contributed by atoms with E-state index in [4.69, 9.17) is 9.47 Å². The minimum Gasteiger partial charge on any atom is -0.465 e. The zero-order valence-electron chi connectivity index (χ0n) is 11.1. The van der Waals surface area contributed by atoms with Gasteiger partial charge in [0.1, 0.15) is 5.54 Å². The number of carbonyl (C=O) groups excluding carboxylic acids is 1. The Kier molecular flexibility index (Phi) is 7.34. The molecule has 0 saturated carbocycles. The molecule has 0 heterocycles. The average molecular weight is 231 g/mol. The molecule has 0 rings (SSSR count). The van der Waals surface area contributed by atoms with Crippen molar-refractivity contribution < 1.29 is 14.3 Å². The molecule has 0 fully saturated rings. The van der Waals surface area contributed by atoms with Crippen LogP contribution in [0.15, 0.2) is 0 Å². The molecule has 0 aromatic heterocycles. The molecule has 0 saturated heterocycles. The second kappa shape index (κ2) is 7.63. The molecule has 1 unspecified atom stereocenters. The maximum absolute atomic E-state index is 11.7. The SMILES string of the molecule is CCOC(=O)C(C)(CCCOC(C)C)NC. The number of ether oxygens (including phenoxy) is 2. The van der Waals surface area contributed by atoms with Gasteiger partial charge in [0, 0.05) is 6.61 Å². The van der Waals surface area contributed by atoms with Crippen molar-refractivity contribution in [2.24, 2.45) is 0 Å². The molecule has 0 aliphatic heterocycles. The zero-order chi connectivity index (χ0) is 12.6. The molecule has 4 heteroatoms. The van der Waals surface area contributed by atoms with Crippen LogP contribution in [0.2, 0.25) is 0 Å². The van der Waals surface area contributed by atoms with Crippen molar-refractivity contribution in [1.82, 2.24) is 5.32 Å². The lowest BCUT2D eigenvalue weighted by Gasteiger charge is -2.26. The molecule has 0 aliphatic carbocycles. The highest BCUT2D eigenvalue weighted by Gasteiger charge is 2.32. The summed E-state index contributed by atoms with van der Waals surface area (Å²) in [7, 11) is 1.78. The summed E-state index contributed by atoms with van der Waals surface area (Å²) in [4.78, 5) is 11.7. The van der Waals surface area contributed by atoms with Gasteiger partial charge in [-0.1, -0.05) is 0 Å². The number of hydrogen-bond acceptors (Lipinski definition) is 4. The lowest BCUT2D eigenvalue weighted by atomic mass is 9.96. The number of nitrogens with one attached hydrogen (secondary N) is 1. The van der Waals surface area contributed by atoms with Gasteiger partial charge in [0.2, 0.25) is 0 Å². The Morgan fingerprint density at radius 2 is 2.06 bits per heavy atom. The lowest BCUT2D eigenvalue weighted by Crippen LogP contribution is -2.48. The fraction of sp³-hybridized carbons (Fsp3) is 0.917. The summed E-state index contributed by atoms with van der Waals surface area (Å²) in [5.74, 6) is -0.193. The van der Waals surface area contributed by atoms with Crippen LogP contribution in [0, 0.1) is 0 Å². The summed E-state index contributed by atoms with van der Waals surface area (Å²) in [6.07, 6.45) is 1.80. The number of rotatable bonds is 8. The maximum atomic E-state index is 11.7. The van der Waals surface area contributed by atoms with Crippen molar-refractivity contribution in [1.29, 1.82) is 0 Å². The van der Waals surface area contributed by atoms with Crippen LogP contribution < -0.4 is 5.32 Å². The molecule has 16 heavy (non-hydrogen) atoms. The molecule has 0 amide bonds. The predicted molar refractivity (Wildman–Crippen MR) is 64.4 cm³/mol. The first-order chi connectivity index (χ1) is 7.46. The second-order valence-corrected chi connectivity index (χ2v) is 4.33. The highest BCUT2D eigenvalue weighted by atomic mass is 16.5. The standard InChI is InChI=1S/C12H25NO3/c1-6-15-11(14)12(4,13-5)8-7-9-16-10(2)3/h10,13H,6-9H2,1-5H3. The lowest BCUT2D eigenvalue weighted by molar-refractivity contribution is -0.150. The van der Waals surface area contributed by atoms with Crippen LogP contribution in [0.1, 0.15) is 40.5 Å². The zero-order valence-corrected chi connectivity index (χ0v) is 11.1. The Morgan fingerprint density at radius 3 is 2.50 bits per heavy atom. The van der Waals surface area contributed by atoms with Crippen molar-refractivity contribution in [2.45, 2.75) is 52.2 Å². The third-order valence-corrected chi connectivity index (χ3v) is 2.55. The van der Waals surface area contributed by atoms with E-state index in [9.17, 15) is 4.79 Å². The topological polar surface area (TPSA) is 47.6 Å². The Bertz CT molecular complexity index is 206. The molecular weight excluding hydrogens is 206 g/mol. The van der Waals surface area contributed by atoms with Crippen molar-refractivity contribution in [3.63, 3.8) is 0 Å². The van der Waals surface area contributed by atoms with Gasteiger partial charge >= 0.3 is 5.97 Å². The second-order valence-electron chi connectivity index (χ2n) is 4.33. The third-order valence-electron chi connectivity index (χ3n) is 2.55. The van der Waals surface area contributed by atoms with Crippen LogP contribution in [0.25, 0.3) is 0 Å². The summed E-state index contributed by atoms with van der Waals surface area (Å²) >= 11 is 0. The highest BCUT2D eigenvalue weighted by Crippen LogP contribution is 2.14. The first-order valence-corrected chi connectivity index (χ1v) is 5.94. The van der Waals surface area contributed by atoms with Gasteiger partial charge in [-0.25, -0.2) is 0 Å². The summed E-state index contributed by atoms with van der Waals surface area (Å²) in [6, 6.07) is 0. The fourth-order valence-corrected chi connectivity index (χ4v) is 1.36. The van der Waals surface area contributed by atoms with E-state index in [0.29, 0.717) is 13.2 Å². The van der Waals surface area contributed by atoms with Crippen LogP contribution in [0.3, 0.4) is 0 Å². The van der Waals surface area contributed by atoms with Crippen molar-refractivity contribution in [3.05, 3.63) is 0 Å². The van der Waals surface area contributed by atoms with Gasteiger partial charge in [0.25, 0.3) is 0 Å². The molecule has 1 N–H and O–H groups in total.